The first-order valence-electron chi connectivity index (χ1n) is 10.1. The molecule has 0 radical (unpaired) electrons. The highest BCUT2D eigenvalue weighted by Gasteiger charge is 2.03. The molecule has 0 aliphatic heterocycles. The molecule has 0 fully saturated rings. The molecule has 0 bridgehead atoms. The van der Waals surface area contributed by atoms with Crippen LogP contribution in [0.2, 0.25) is 0 Å². The van der Waals surface area contributed by atoms with E-state index in [-0.39, 0.29) is 0 Å². The van der Waals surface area contributed by atoms with E-state index in [4.69, 9.17) is 0 Å². The summed E-state index contributed by atoms with van der Waals surface area (Å²) in [6.07, 6.45) is 10.1. The van der Waals surface area contributed by atoms with Crippen LogP contribution in [-0.2, 0) is 0 Å². The van der Waals surface area contributed by atoms with Crippen LogP contribution in [0.4, 0.5) is 0 Å². The summed E-state index contributed by atoms with van der Waals surface area (Å²) in [4.78, 5) is 0. The van der Waals surface area contributed by atoms with Gasteiger partial charge < -0.3 is 0 Å². The van der Waals surface area contributed by atoms with Crippen molar-refractivity contribution in [1.29, 1.82) is 0 Å². The van der Waals surface area contributed by atoms with Crippen LogP contribution in [0.15, 0.2) is 55.7 Å². The minimum Gasteiger partial charge on any atom is -0.103 e. The van der Waals surface area contributed by atoms with Gasteiger partial charge in [0.25, 0.3) is 0 Å². The first-order chi connectivity index (χ1) is 13.0. The van der Waals surface area contributed by atoms with Crippen molar-refractivity contribution >= 4 is 29.5 Å². The minimum absolute atomic E-state index is 0.648. The topological polar surface area (TPSA) is 0 Å². The molecule has 0 atom stereocenters. The SMILES string of the molecule is C=CC(C)C.C=Cc1ccc(C)c2/c(=C\C=C/C)ccc(=C)c12.CC.CC. The van der Waals surface area contributed by atoms with Crippen molar-refractivity contribution in [2.45, 2.75) is 55.4 Å². The maximum atomic E-state index is 4.14. The van der Waals surface area contributed by atoms with Crippen molar-refractivity contribution in [2.75, 3.05) is 0 Å². The van der Waals surface area contributed by atoms with Gasteiger partial charge in [-0.05, 0) is 52.1 Å². The van der Waals surface area contributed by atoms with Crippen molar-refractivity contribution in [3.8, 4) is 0 Å². The molecule has 0 nitrogen and oxygen atoms in total. The van der Waals surface area contributed by atoms with E-state index in [0.717, 1.165) is 10.8 Å². The van der Waals surface area contributed by atoms with Gasteiger partial charge in [0.15, 0.2) is 0 Å². The quantitative estimate of drug-likeness (QED) is 0.496. The molecule has 2 aromatic rings. The Balaban J connectivity index is 0. The van der Waals surface area contributed by atoms with Crippen LogP contribution >= 0.6 is 0 Å². The van der Waals surface area contributed by atoms with Gasteiger partial charge in [0.2, 0.25) is 0 Å². The molecule has 148 valence electrons. The molecule has 0 saturated carbocycles. The normalized spacial score (nSPS) is 10.3. The summed E-state index contributed by atoms with van der Waals surface area (Å²) in [6, 6.07) is 8.46. The molecular formula is C27H40. The van der Waals surface area contributed by atoms with E-state index in [0.29, 0.717) is 5.92 Å². The van der Waals surface area contributed by atoms with Crippen molar-refractivity contribution in [3.63, 3.8) is 0 Å². The molecule has 0 N–H and O–H groups in total. The zero-order valence-electron chi connectivity index (χ0n) is 18.9. The van der Waals surface area contributed by atoms with E-state index in [1.54, 1.807) is 0 Å². The highest BCUT2D eigenvalue weighted by Crippen LogP contribution is 2.17. The van der Waals surface area contributed by atoms with Gasteiger partial charge in [-0.15, -0.1) is 6.58 Å². The van der Waals surface area contributed by atoms with E-state index in [2.05, 4.69) is 76.9 Å². The molecule has 0 heteroatoms. The van der Waals surface area contributed by atoms with Crippen LogP contribution in [0.1, 0.15) is 59.6 Å². The second-order valence-corrected chi connectivity index (χ2v) is 5.91. The highest BCUT2D eigenvalue weighted by atomic mass is 14.1. The lowest BCUT2D eigenvalue weighted by atomic mass is 9.97. The van der Waals surface area contributed by atoms with Crippen molar-refractivity contribution in [3.05, 3.63) is 77.2 Å². The van der Waals surface area contributed by atoms with Gasteiger partial charge in [-0.3, -0.25) is 0 Å². The second-order valence-electron chi connectivity index (χ2n) is 5.91. The fraction of sp³-hybridized carbons (Fsp3) is 0.333. The fourth-order valence-electron chi connectivity index (χ4n) is 2.31. The average molecular weight is 365 g/mol. The van der Waals surface area contributed by atoms with Crippen LogP contribution in [0.5, 0.6) is 0 Å². The molecular weight excluding hydrogens is 324 g/mol. The van der Waals surface area contributed by atoms with Crippen LogP contribution < -0.4 is 10.4 Å². The number of benzene rings is 2. The van der Waals surface area contributed by atoms with Crippen LogP contribution in [0, 0.1) is 12.8 Å². The van der Waals surface area contributed by atoms with Crippen LogP contribution in [-0.4, -0.2) is 0 Å². The molecule has 0 heterocycles. The molecule has 2 aromatic carbocycles. The van der Waals surface area contributed by atoms with Gasteiger partial charge in [-0.2, -0.15) is 0 Å². The molecule has 2 rings (SSSR count). The maximum Gasteiger partial charge on any atom is -0.00363 e. The summed E-state index contributed by atoms with van der Waals surface area (Å²) in [5.41, 5.74) is 2.42. The van der Waals surface area contributed by atoms with Gasteiger partial charge in [-0.1, -0.05) is 109 Å². The summed E-state index contributed by atoms with van der Waals surface area (Å²) in [7, 11) is 0. The number of hydrogen-bond acceptors (Lipinski definition) is 0. The number of allylic oxidation sites excluding steroid dienone is 3. The van der Waals surface area contributed by atoms with E-state index < -0.39 is 0 Å². The number of aryl methyl sites for hydroxylation is 1. The van der Waals surface area contributed by atoms with Crippen LogP contribution in [0.25, 0.3) is 29.5 Å². The third-order valence-corrected chi connectivity index (χ3v) is 3.68. The highest BCUT2D eigenvalue weighted by molar-refractivity contribution is 5.94. The average Bonchev–Trinajstić information content (AvgIpc) is 2.71. The number of fused-ring (bicyclic) bond motifs is 1. The minimum atomic E-state index is 0.648. The van der Waals surface area contributed by atoms with Crippen molar-refractivity contribution < 1.29 is 0 Å². The molecule has 0 spiro atoms. The first kappa shape index (κ1) is 26.9. The van der Waals surface area contributed by atoms with E-state index in [1.807, 2.05) is 52.8 Å². The Labute approximate surface area is 168 Å². The number of rotatable bonds is 3. The van der Waals surface area contributed by atoms with Gasteiger partial charge >= 0.3 is 0 Å². The molecule has 0 unspecified atom stereocenters. The third-order valence-electron chi connectivity index (χ3n) is 3.68. The molecule has 0 saturated heterocycles. The van der Waals surface area contributed by atoms with Crippen LogP contribution in [0.3, 0.4) is 0 Å². The zero-order valence-corrected chi connectivity index (χ0v) is 18.9. The Morgan fingerprint density at radius 1 is 0.889 bits per heavy atom. The monoisotopic (exact) mass is 364 g/mol. The summed E-state index contributed by atoms with van der Waals surface area (Å²) >= 11 is 0. The standard InChI is InChI=1S/C18H18.C5H10.2C2H6/c1-5-7-8-16-12-10-13(3)17-15(6-2)11-9-14(4)18(16)17;1-4-5(2)3;2*1-2/h5-12H,2-3H2,1,4H3;4-5H,1H2,2-3H3;2*1-2H3/b7-5-,16-8-;;;. The Bertz CT molecular complexity index is 817. The Morgan fingerprint density at radius 3 is 1.89 bits per heavy atom. The predicted octanol–water partition coefficient (Wildman–Crippen LogP) is 7.44. The largest absolute Gasteiger partial charge is 0.103 e. The molecule has 0 aliphatic rings. The third kappa shape index (κ3) is 8.73. The summed E-state index contributed by atoms with van der Waals surface area (Å²) in [5.74, 6) is 0.648. The number of hydrogen-bond donors (Lipinski definition) is 0. The zero-order chi connectivity index (χ0) is 21.4. The maximum absolute atomic E-state index is 4.14. The van der Waals surface area contributed by atoms with Crippen molar-refractivity contribution in [1.82, 2.24) is 0 Å². The Kier molecular flexibility index (Phi) is 15.8. The molecule has 0 aliphatic carbocycles. The van der Waals surface area contributed by atoms with E-state index in [9.17, 15) is 0 Å². The smallest absolute Gasteiger partial charge is 0.00363 e. The molecule has 0 amide bonds. The lowest BCUT2D eigenvalue weighted by Crippen LogP contribution is -2.12. The van der Waals surface area contributed by atoms with E-state index >= 15 is 0 Å². The van der Waals surface area contributed by atoms with Gasteiger partial charge in [0.1, 0.15) is 0 Å². The lowest BCUT2D eigenvalue weighted by Gasteiger charge is -2.07. The fourth-order valence-corrected chi connectivity index (χ4v) is 2.31. The summed E-state index contributed by atoms with van der Waals surface area (Å²) in [5, 5.41) is 4.78. The van der Waals surface area contributed by atoms with Gasteiger partial charge in [0, 0.05) is 0 Å². The lowest BCUT2D eigenvalue weighted by molar-refractivity contribution is 0.835. The predicted molar refractivity (Wildman–Crippen MR) is 131 cm³/mol. The Hall–Kier alpha value is -2.34. The molecule has 27 heavy (non-hydrogen) atoms. The Morgan fingerprint density at radius 2 is 1.44 bits per heavy atom. The summed E-state index contributed by atoms with van der Waals surface area (Å²) < 4.78 is 0. The van der Waals surface area contributed by atoms with Gasteiger partial charge in [0.05, 0.1) is 0 Å². The molecule has 0 aromatic heterocycles. The van der Waals surface area contributed by atoms with E-state index in [1.165, 1.54) is 21.6 Å². The van der Waals surface area contributed by atoms with Crippen molar-refractivity contribution in [2.24, 2.45) is 5.92 Å². The second kappa shape index (κ2) is 15.9. The first-order valence-corrected chi connectivity index (χ1v) is 10.1. The summed E-state index contributed by atoms with van der Waals surface area (Å²) in [6.45, 7) is 28.0. The van der Waals surface area contributed by atoms with Gasteiger partial charge in [-0.25, -0.2) is 0 Å².